The highest BCUT2D eigenvalue weighted by molar-refractivity contribution is 7.88. The normalized spacial score (nSPS) is 16.9. The molecule has 7 nitrogen and oxygen atoms in total. The highest BCUT2D eigenvalue weighted by Crippen LogP contribution is 2.27. The standard InChI is InChI=1S/C24H29N3O4S/c1-25-32(29,30)17-19-10-11-23-22(13-19)20(15-26-23)14-21-9-5-6-12-27(21)24(28)31-16-18-7-3-2-4-8-18/h2-4,7-8,10-11,13,15,21,25-26H,5-6,9,12,14,16-17H2,1H3. The van der Waals surface area contributed by atoms with Gasteiger partial charge in [-0.1, -0.05) is 36.4 Å². The summed E-state index contributed by atoms with van der Waals surface area (Å²) < 4.78 is 31.9. The number of likely N-dealkylation sites (tertiary alicyclic amines) is 1. The molecule has 2 aromatic carbocycles. The molecule has 1 saturated heterocycles. The first-order valence-electron chi connectivity index (χ1n) is 10.9. The molecular weight excluding hydrogens is 426 g/mol. The van der Waals surface area contributed by atoms with E-state index in [4.69, 9.17) is 4.74 Å². The number of hydrogen-bond donors (Lipinski definition) is 2. The molecule has 2 N–H and O–H groups in total. The van der Waals surface area contributed by atoms with E-state index in [9.17, 15) is 13.2 Å². The molecule has 1 fully saturated rings. The summed E-state index contributed by atoms with van der Waals surface area (Å²) in [4.78, 5) is 18.0. The largest absolute Gasteiger partial charge is 0.445 e. The van der Waals surface area contributed by atoms with Crippen LogP contribution in [0.15, 0.2) is 54.7 Å². The third kappa shape index (κ3) is 5.31. The van der Waals surface area contributed by atoms with E-state index >= 15 is 0 Å². The third-order valence-electron chi connectivity index (χ3n) is 6.02. The van der Waals surface area contributed by atoms with Crippen LogP contribution in [0.1, 0.15) is 36.0 Å². The van der Waals surface area contributed by atoms with Gasteiger partial charge in [0, 0.05) is 29.7 Å². The molecule has 2 heterocycles. The number of nitrogens with one attached hydrogen (secondary N) is 2. The van der Waals surface area contributed by atoms with Crippen LogP contribution in [0.4, 0.5) is 4.79 Å². The molecule has 32 heavy (non-hydrogen) atoms. The number of carbonyl (C=O) groups excluding carboxylic acids is 1. The van der Waals surface area contributed by atoms with Gasteiger partial charge >= 0.3 is 6.09 Å². The third-order valence-corrected chi connectivity index (χ3v) is 7.36. The number of benzene rings is 2. The van der Waals surface area contributed by atoms with E-state index in [1.807, 2.05) is 59.6 Å². The second-order valence-electron chi connectivity index (χ2n) is 8.24. The van der Waals surface area contributed by atoms with Gasteiger partial charge in [0.1, 0.15) is 6.61 Å². The summed E-state index contributed by atoms with van der Waals surface area (Å²) in [5.41, 5.74) is 3.74. The lowest BCUT2D eigenvalue weighted by molar-refractivity contribution is 0.0682. The fourth-order valence-electron chi connectivity index (χ4n) is 4.29. The zero-order valence-corrected chi connectivity index (χ0v) is 19.0. The number of hydrogen-bond acceptors (Lipinski definition) is 4. The summed E-state index contributed by atoms with van der Waals surface area (Å²) in [5.74, 6) is -0.0641. The maximum Gasteiger partial charge on any atom is 0.410 e. The van der Waals surface area contributed by atoms with Crippen molar-refractivity contribution in [3.8, 4) is 0 Å². The minimum Gasteiger partial charge on any atom is -0.445 e. The van der Waals surface area contributed by atoms with Crippen LogP contribution in [0.25, 0.3) is 10.9 Å². The summed E-state index contributed by atoms with van der Waals surface area (Å²) in [7, 11) is -1.92. The van der Waals surface area contributed by atoms with E-state index in [1.165, 1.54) is 7.05 Å². The number of rotatable bonds is 7. The minimum absolute atomic E-state index is 0.0516. The first-order valence-corrected chi connectivity index (χ1v) is 12.6. The monoisotopic (exact) mass is 455 g/mol. The van der Waals surface area contributed by atoms with Crippen molar-refractivity contribution in [3.05, 3.63) is 71.4 Å². The predicted octanol–water partition coefficient (Wildman–Crippen LogP) is 3.95. The van der Waals surface area contributed by atoms with Crippen molar-refractivity contribution in [2.75, 3.05) is 13.6 Å². The number of sulfonamides is 1. The summed E-state index contributed by atoms with van der Waals surface area (Å²) in [6.45, 7) is 0.950. The van der Waals surface area contributed by atoms with Crippen LogP contribution in [0, 0.1) is 0 Å². The SMILES string of the molecule is CNS(=O)(=O)Cc1ccc2[nH]cc(CC3CCCCN3C(=O)OCc3ccccc3)c2c1. The van der Waals surface area contributed by atoms with E-state index in [1.54, 1.807) is 0 Å². The van der Waals surface area contributed by atoms with Crippen LogP contribution in [-0.2, 0) is 33.5 Å². The molecule has 1 aliphatic heterocycles. The molecule has 1 aromatic heterocycles. The number of H-pyrrole nitrogens is 1. The summed E-state index contributed by atoms with van der Waals surface area (Å²) >= 11 is 0. The number of nitrogens with zero attached hydrogens (tertiary/aromatic N) is 1. The Labute approximate surface area is 188 Å². The van der Waals surface area contributed by atoms with Gasteiger partial charge in [-0.2, -0.15) is 0 Å². The van der Waals surface area contributed by atoms with Crippen LogP contribution in [0.5, 0.6) is 0 Å². The molecule has 0 aliphatic carbocycles. The highest BCUT2D eigenvalue weighted by Gasteiger charge is 2.28. The first-order chi connectivity index (χ1) is 15.4. The second-order valence-corrected chi connectivity index (χ2v) is 10.2. The molecule has 170 valence electrons. The van der Waals surface area contributed by atoms with Crippen molar-refractivity contribution in [2.45, 2.75) is 44.1 Å². The fraction of sp³-hybridized carbons (Fsp3) is 0.375. The van der Waals surface area contributed by atoms with Gasteiger partial charge in [0.05, 0.1) is 5.75 Å². The Morgan fingerprint density at radius 2 is 1.97 bits per heavy atom. The van der Waals surface area contributed by atoms with E-state index in [2.05, 4.69) is 9.71 Å². The maximum absolute atomic E-state index is 12.8. The Hall–Kier alpha value is -2.84. The van der Waals surface area contributed by atoms with Crippen LogP contribution < -0.4 is 4.72 Å². The molecule has 0 saturated carbocycles. The summed E-state index contributed by atoms with van der Waals surface area (Å²) in [5, 5.41) is 0.997. The molecule has 1 amide bonds. The number of fused-ring (bicyclic) bond motifs is 1. The van der Waals surface area contributed by atoms with Gasteiger partial charge in [0.15, 0.2) is 0 Å². The zero-order chi connectivity index (χ0) is 22.6. The Morgan fingerprint density at radius 3 is 2.75 bits per heavy atom. The quantitative estimate of drug-likeness (QED) is 0.564. The number of piperidine rings is 1. The van der Waals surface area contributed by atoms with Crippen molar-refractivity contribution in [1.82, 2.24) is 14.6 Å². The fourth-order valence-corrected chi connectivity index (χ4v) is 5.05. The Morgan fingerprint density at radius 1 is 1.16 bits per heavy atom. The molecule has 1 atom stereocenters. The van der Waals surface area contributed by atoms with E-state index in [0.717, 1.165) is 46.9 Å². The van der Waals surface area contributed by atoms with Gasteiger partial charge in [-0.3, -0.25) is 0 Å². The van der Waals surface area contributed by atoms with Crippen LogP contribution in [-0.4, -0.2) is 44.0 Å². The molecule has 1 aliphatic rings. The number of amides is 1. The van der Waals surface area contributed by atoms with E-state index in [0.29, 0.717) is 13.0 Å². The summed E-state index contributed by atoms with van der Waals surface area (Å²) in [6.07, 6.45) is 5.34. The van der Waals surface area contributed by atoms with Crippen molar-refractivity contribution in [2.24, 2.45) is 0 Å². The molecule has 0 radical (unpaired) electrons. The molecule has 3 aromatic rings. The lowest BCUT2D eigenvalue weighted by Crippen LogP contribution is -2.45. The number of ether oxygens (including phenoxy) is 1. The highest BCUT2D eigenvalue weighted by atomic mass is 32.2. The Balaban J connectivity index is 1.49. The average Bonchev–Trinajstić information content (AvgIpc) is 3.20. The molecular formula is C24H29N3O4S. The minimum atomic E-state index is -3.34. The smallest absolute Gasteiger partial charge is 0.410 e. The first kappa shape index (κ1) is 22.4. The Kier molecular flexibility index (Phi) is 6.81. The van der Waals surface area contributed by atoms with Crippen molar-refractivity contribution < 1.29 is 17.9 Å². The van der Waals surface area contributed by atoms with Crippen LogP contribution in [0.2, 0.25) is 0 Å². The van der Waals surface area contributed by atoms with Gasteiger partial charge < -0.3 is 14.6 Å². The maximum atomic E-state index is 12.8. The van der Waals surface area contributed by atoms with Crippen LogP contribution in [0.3, 0.4) is 0 Å². The second kappa shape index (κ2) is 9.75. The molecule has 4 rings (SSSR count). The van der Waals surface area contributed by atoms with Gasteiger partial charge in [-0.05, 0) is 61.6 Å². The van der Waals surface area contributed by atoms with E-state index < -0.39 is 10.0 Å². The zero-order valence-electron chi connectivity index (χ0n) is 18.2. The lowest BCUT2D eigenvalue weighted by Gasteiger charge is -2.35. The molecule has 0 spiro atoms. The van der Waals surface area contributed by atoms with Gasteiger partial charge in [0.25, 0.3) is 0 Å². The lowest BCUT2D eigenvalue weighted by atomic mass is 9.95. The molecule has 8 heteroatoms. The topological polar surface area (TPSA) is 91.5 Å². The van der Waals surface area contributed by atoms with Crippen LogP contribution >= 0.6 is 0 Å². The van der Waals surface area contributed by atoms with Gasteiger partial charge in [-0.25, -0.2) is 17.9 Å². The van der Waals surface area contributed by atoms with Crippen molar-refractivity contribution >= 4 is 27.0 Å². The Bertz CT molecular complexity index is 1170. The molecule has 1 unspecified atom stereocenters. The number of aromatic amines is 1. The number of aromatic nitrogens is 1. The number of carbonyl (C=O) groups is 1. The van der Waals surface area contributed by atoms with Crippen molar-refractivity contribution in [1.29, 1.82) is 0 Å². The van der Waals surface area contributed by atoms with Crippen molar-refractivity contribution in [3.63, 3.8) is 0 Å². The van der Waals surface area contributed by atoms with Gasteiger partial charge in [-0.15, -0.1) is 0 Å². The summed E-state index contributed by atoms with van der Waals surface area (Å²) in [6, 6.07) is 15.4. The molecule has 0 bridgehead atoms. The van der Waals surface area contributed by atoms with E-state index in [-0.39, 0.29) is 24.5 Å². The average molecular weight is 456 g/mol. The van der Waals surface area contributed by atoms with Gasteiger partial charge in [0.2, 0.25) is 10.0 Å². The predicted molar refractivity (Wildman–Crippen MR) is 125 cm³/mol.